The minimum absolute atomic E-state index is 0.102. The smallest absolute Gasteiger partial charge is 0.184 e. The van der Waals surface area contributed by atoms with E-state index in [1.165, 1.54) is 12.1 Å². The molecule has 110 valence electrons. The fourth-order valence-corrected chi connectivity index (χ4v) is 2.22. The summed E-state index contributed by atoms with van der Waals surface area (Å²) in [6.45, 7) is 1.41. The van der Waals surface area contributed by atoms with Gasteiger partial charge in [-0.15, -0.1) is 0 Å². The molecule has 3 nitrogen and oxygen atoms in total. The molecule has 0 amide bonds. The topological polar surface area (TPSA) is 27.7 Å². The van der Waals surface area contributed by atoms with Crippen LogP contribution in [0.3, 0.4) is 0 Å². The van der Waals surface area contributed by atoms with E-state index in [1.54, 1.807) is 12.1 Å². The zero-order chi connectivity index (χ0) is 14.5. The molecule has 0 N–H and O–H groups in total. The van der Waals surface area contributed by atoms with Crippen LogP contribution < -0.4 is 0 Å². The molecule has 1 aliphatic heterocycles. The predicted molar refractivity (Wildman–Crippen MR) is 76.1 cm³/mol. The van der Waals surface area contributed by atoms with Crippen molar-refractivity contribution in [2.75, 3.05) is 13.2 Å². The number of halogens is 1. The average Bonchev–Trinajstić information content (AvgIpc) is 2.54. The lowest BCUT2D eigenvalue weighted by Crippen LogP contribution is -2.33. The van der Waals surface area contributed by atoms with Gasteiger partial charge in [0.1, 0.15) is 11.9 Å². The molecule has 1 heterocycles. The standard InChI is InChI=1S/C17H17FO3/c18-15-8-4-7-14(9-15)17-20-11-16(12-21-17)19-10-13-5-2-1-3-6-13/h1-9,16-17H,10-12H2/t16-,17+. The first-order valence-electron chi connectivity index (χ1n) is 6.95. The Morgan fingerprint density at radius 2 is 1.76 bits per heavy atom. The third-order valence-electron chi connectivity index (χ3n) is 3.32. The van der Waals surface area contributed by atoms with Crippen LogP contribution in [0.5, 0.6) is 0 Å². The first-order valence-corrected chi connectivity index (χ1v) is 6.95. The maximum absolute atomic E-state index is 13.2. The number of ether oxygens (including phenoxy) is 3. The van der Waals surface area contributed by atoms with Gasteiger partial charge in [-0.1, -0.05) is 42.5 Å². The Labute approximate surface area is 123 Å². The molecular weight excluding hydrogens is 271 g/mol. The van der Waals surface area contributed by atoms with Gasteiger partial charge in [-0.3, -0.25) is 0 Å². The van der Waals surface area contributed by atoms with Crippen LogP contribution in [0.2, 0.25) is 0 Å². The number of benzene rings is 2. The molecule has 0 saturated carbocycles. The van der Waals surface area contributed by atoms with Crippen LogP contribution in [0.25, 0.3) is 0 Å². The highest BCUT2D eigenvalue weighted by atomic mass is 19.1. The average molecular weight is 288 g/mol. The van der Waals surface area contributed by atoms with Gasteiger partial charge in [-0.05, 0) is 17.7 Å². The van der Waals surface area contributed by atoms with Crippen LogP contribution in [0.15, 0.2) is 54.6 Å². The molecule has 0 bridgehead atoms. The lowest BCUT2D eigenvalue weighted by molar-refractivity contribution is -0.232. The summed E-state index contributed by atoms with van der Waals surface area (Å²) in [6, 6.07) is 16.2. The highest BCUT2D eigenvalue weighted by molar-refractivity contribution is 5.18. The van der Waals surface area contributed by atoms with E-state index in [2.05, 4.69) is 0 Å². The van der Waals surface area contributed by atoms with E-state index in [0.717, 1.165) is 5.56 Å². The van der Waals surface area contributed by atoms with Gasteiger partial charge in [-0.2, -0.15) is 0 Å². The SMILES string of the molecule is Fc1cccc([C@H]2OC[C@@H](OCc3ccccc3)CO2)c1. The monoisotopic (exact) mass is 288 g/mol. The van der Waals surface area contributed by atoms with E-state index in [0.29, 0.717) is 25.4 Å². The fourth-order valence-electron chi connectivity index (χ4n) is 2.22. The van der Waals surface area contributed by atoms with Crippen LogP contribution in [-0.2, 0) is 20.8 Å². The zero-order valence-corrected chi connectivity index (χ0v) is 11.6. The van der Waals surface area contributed by atoms with Crippen molar-refractivity contribution in [1.82, 2.24) is 0 Å². The van der Waals surface area contributed by atoms with Crippen molar-refractivity contribution >= 4 is 0 Å². The zero-order valence-electron chi connectivity index (χ0n) is 11.6. The van der Waals surface area contributed by atoms with Crippen molar-refractivity contribution in [1.29, 1.82) is 0 Å². The van der Waals surface area contributed by atoms with Gasteiger partial charge in [0.25, 0.3) is 0 Å². The molecule has 4 heteroatoms. The molecule has 21 heavy (non-hydrogen) atoms. The molecule has 3 rings (SSSR count). The summed E-state index contributed by atoms with van der Waals surface area (Å²) in [6.07, 6.45) is -0.618. The molecule has 1 saturated heterocycles. The molecule has 0 unspecified atom stereocenters. The van der Waals surface area contributed by atoms with Crippen molar-refractivity contribution in [3.05, 3.63) is 71.5 Å². The van der Waals surface area contributed by atoms with Crippen molar-refractivity contribution in [2.45, 2.75) is 19.0 Å². The fraction of sp³-hybridized carbons (Fsp3) is 0.294. The van der Waals surface area contributed by atoms with E-state index in [-0.39, 0.29) is 11.9 Å². The first kappa shape index (κ1) is 14.2. The van der Waals surface area contributed by atoms with Crippen molar-refractivity contribution in [3.63, 3.8) is 0 Å². The third-order valence-corrected chi connectivity index (χ3v) is 3.32. The highest BCUT2D eigenvalue weighted by Crippen LogP contribution is 2.24. The van der Waals surface area contributed by atoms with E-state index in [1.807, 2.05) is 30.3 Å². The molecule has 0 radical (unpaired) electrons. The van der Waals surface area contributed by atoms with Gasteiger partial charge in [0.2, 0.25) is 0 Å². The Balaban J connectivity index is 1.49. The molecule has 0 spiro atoms. The summed E-state index contributed by atoms with van der Waals surface area (Å²) >= 11 is 0. The minimum atomic E-state index is -0.516. The molecule has 1 fully saturated rings. The second kappa shape index (κ2) is 6.80. The van der Waals surface area contributed by atoms with Gasteiger partial charge >= 0.3 is 0 Å². The van der Waals surface area contributed by atoms with Crippen molar-refractivity contribution < 1.29 is 18.6 Å². The van der Waals surface area contributed by atoms with Gasteiger partial charge in [-0.25, -0.2) is 4.39 Å². The van der Waals surface area contributed by atoms with Gasteiger partial charge < -0.3 is 14.2 Å². The summed E-state index contributed by atoms with van der Waals surface area (Å²) in [7, 11) is 0. The molecular formula is C17H17FO3. The van der Waals surface area contributed by atoms with Gasteiger partial charge in [0.15, 0.2) is 6.29 Å². The Hall–Kier alpha value is -1.75. The maximum Gasteiger partial charge on any atom is 0.184 e. The van der Waals surface area contributed by atoms with Crippen LogP contribution in [0.4, 0.5) is 4.39 Å². The Kier molecular flexibility index (Phi) is 4.60. The summed E-state index contributed by atoms with van der Waals surface area (Å²) in [5, 5.41) is 0. The van der Waals surface area contributed by atoms with Crippen LogP contribution in [-0.4, -0.2) is 19.3 Å². The Bertz CT molecular complexity index is 565. The van der Waals surface area contributed by atoms with Crippen LogP contribution in [0.1, 0.15) is 17.4 Å². The first-order chi connectivity index (χ1) is 10.3. The Morgan fingerprint density at radius 1 is 1.00 bits per heavy atom. The molecule has 2 aromatic rings. The molecule has 0 aliphatic carbocycles. The van der Waals surface area contributed by atoms with Gasteiger partial charge in [0, 0.05) is 5.56 Å². The number of hydrogen-bond donors (Lipinski definition) is 0. The summed E-state index contributed by atoms with van der Waals surface area (Å²) in [5.74, 6) is -0.290. The van der Waals surface area contributed by atoms with E-state index in [9.17, 15) is 4.39 Å². The summed E-state index contributed by atoms with van der Waals surface area (Å²) in [4.78, 5) is 0. The minimum Gasteiger partial charge on any atom is -0.369 e. The largest absolute Gasteiger partial charge is 0.369 e. The van der Waals surface area contributed by atoms with Crippen molar-refractivity contribution in [2.24, 2.45) is 0 Å². The maximum atomic E-state index is 13.2. The second-order valence-corrected chi connectivity index (χ2v) is 4.97. The number of rotatable bonds is 4. The van der Waals surface area contributed by atoms with E-state index in [4.69, 9.17) is 14.2 Å². The molecule has 1 aliphatic rings. The quantitative estimate of drug-likeness (QED) is 0.862. The molecule has 2 aromatic carbocycles. The Morgan fingerprint density at radius 3 is 2.48 bits per heavy atom. The molecule has 0 atom stereocenters. The predicted octanol–water partition coefficient (Wildman–Crippen LogP) is 3.46. The lowest BCUT2D eigenvalue weighted by Gasteiger charge is -2.29. The second-order valence-electron chi connectivity index (χ2n) is 4.97. The van der Waals surface area contributed by atoms with Crippen LogP contribution in [0, 0.1) is 5.82 Å². The molecule has 0 aromatic heterocycles. The van der Waals surface area contributed by atoms with Crippen LogP contribution >= 0.6 is 0 Å². The lowest BCUT2D eigenvalue weighted by atomic mass is 10.2. The highest BCUT2D eigenvalue weighted by Gasteiger charge is 2.24. The number of hydrogen-bond acceptors (Lipinski definition) is 3. The summed E-state index contributed by atoms with van der Waals surface area (Å²) < 4.78 is 30.1. The summed E-state index contributed by atoms with van der Waals surface area (Å²) in [5.41, 5.74) is 1.81. The normalized spacial score (nSPS) is 22.1. The van der Waals surface area contributed by atoms with E-state index < -0.39 is 6.29 Å². The van der Waals surface area contributed by atoms with Crippen molar-refractivity contribution in [3.8, 4) is 0 Å². The van der Waals surface area contributed by atoms with Gasteiger partial charge in [0.05, 0.1) is 19.8 Å². The van der Waals surface area contributed by atoms with E-state index >= 15 is 0 Å². The third kappa shape index (κ3) is 3.88.